The molecule has 0 saturated heterocycles. The third-order valence-corrected chi connectivity index (χ3v) is 3.54. The third kappa shape index (κ3) is 5.42. The fraction of sp³-hybridized carbons (Fsp3) is 0.385. The zero-order valence-corrected chi connectivity index (χ0v) is 12.8. The van der Waals surface area contributed by atoms with Crippen molar-refractivity contribution in [2.45, 2.75) is 17.9 Å². The molecule has 2 N–H and O–H groups in total. The first-order valence-corrected chi connectivity index (χ1v) is 7.10. The summed E-state index contributed by atoms with van der Waals surface area (Å²) in [6, 6.07) is 2.30. The SMILES string of the molecule is CC(=O)N[C@@H](CSc1ccnc(C(=O)N(C)C)c1)C(=O)O. The molecule has 0 fully saturated rings. The Morgan fingerprint density at radius 1 is 1.43 bits per heavy atom. The van der Waals surface area contributed by atoms with Gasteiger partial charge < -0.3 is 15.3 Å². The van der Waals surface area contributed by atoms with Crippen LogP contribution in [0.5, 0.6) is 0 Å². The summed E-state index contributed by atoms with van der Waals surface area (Å²) in [6.45, 7) is 1.26. The van der Waals surface area contributed by atoms with Gasteiger partial charge >= 0.3 is 5.97 Å². The summed E-state index contributed by atoms with van der Waals surface area (Å²) in [5.41, 5.74) is 0.288. The lowest BCUT2D eigenvalue weighted by Crippen LogP contribution is -2.41. The van der Waals surface area contributed by atoms with E-state index in [1.807, 2.05) is 0 Å². The predicted octanol–water partition coefficient (Wildman–Crippen LogP) is 0.465. The normalized spacial score (nSPS) is 11.6. The number of thioether (sulfide) groups is 1. The van der Waals surface area contributed by atoms with Crippen molar-refractivity contribution in [1.29, 1.82) is 0 Å². The summed E-state index contributed by atoms with van der Waals surface area (Å²) in [4.78, 5) is 39.9. The molecule has 0 saturated carbocycles. The topological polar surface area (TPSA) is 99.6 Å². The van der Waals surface area contributed by atoms with Gasteiger partial charge in [0.25, 0.3) is 5.91 Å². The van der Waals surface area contributed by atoms with Crippen molar-refractivity contribution < 1.29 is 19.5 Å². The smallest absolute Gasteiger partial charge is 0.327 e. The van der Waals surface area contributed by atoms with Crippen molar-refractivity contribution in [3.8, 4) is 0 Å². The van der Waals surface area contributed by atoms with Crippen LogP contribution in [0.25, 0.3) is 0 Å². The molecule has 0 bridgehead atoms. The van der Waals surface area contributed by atoms with Gasteiger partial charge in [-0.3, -0.25) is 14.6 Å². The first-order chi connectivity index (χ1) is 9.81. The molecule has 0 aromatic carbocycles. The van der Waals surface area contributed by atoms with Gasteiger partial charge in [-0.15, -0.1) is 11.8 Å². The first-order valence-electron chi connectivity index (χ1n) is 6.11. The molecule has 1 heterocycles. The molecule has 1 aromatic rings. The number of carboxylic acids is 1. The van der Waals surface area contributed by atoms with Crippen molar-refractivity contribution in [2.75, 3.05) is 19.8 Å². The molecule has 0 radical (unpaired) electrons. The molecule has 7 nitrogen and oxygen atoms in total. The van der Waals surface area contributed by atoms with Crippen LogP contribution in [0.2, 0.25) is 0 Å². The van der Waals surface area contributed by atoms with E-state index in [0.717, 1.165) is 0 Å². The van der Waals surface area contributed by atoms with E-state index >= 15 is 0 Å². The average molecular weight is 311 g/mol. The maximum atomic E-state index is 11.8. The molecule has 0 aliphatic rings. The minimum absolute atomic E-state index is 0.161. The third-order valence-electron chi connectivity index (χ3n) is 2.45. The zero-order chi connectivity index (χ0) is 16.0. The second-order valence-corrected chi connectivity index (χ2v) is 5.57. The minimum atomic E-state index is -1.10. The van der Waals surface area contributed by atoms with Crippen LogP contribution in [0.4, 0.5) is 0 Å². The number of carbonyl (C=O) groups excluding carboxylic acids is 2. The number of nitrogens with one attached hydrogen (secondary N) is 1. The number of pyridine rings is 1. The Balaban J connectivity index is 2.74. The molecule has 0 aliphatic carbocycles. The molecule has 2 amide bonds. The van der Waals surface area contributed by atoms with E-state index in [4.69, 9.17) is 5.11 Å². The van der Waals surface area contributed by atoms with Crippen LogP contribution in [0, 0.1) is 0 Å². The van der Waals surface area contributed by atoms with E-state index in [0.29, 0.717) is 4.90 Å². The lowest BCUT2D eigenvalue weighted by atomic mass is 10.3. The number of hydrogen-bond donors (Lipinski definition) is 2. The highest BCUT2D eigenvalue weighted by Gasteiger charge is 2.19. The lowest BCUT2D eigenvalue weighted by Gasteiger charge is -2.13. The number of aromatic nitrogens is 1. The van der Waals surface area contributed by atoms with Crippen LogP contribution in [0.3, 0.4) is 0 Å². The number of carbonyl (C=O) groups is 3. The molecule has 0 unspecified atom stereocenters. The van der Waals surface area contributed by atoms with Crippen molar-refractivity contribution in [3.63, 3.8) is 0 Å². The van der Waals surface area contributed by atoms with Crippen molar-refractivity contribution in [3.05, 3.63) is 24.0 Å². The van der Waals surface area contributed by atoms with Gasteiger partial charge in [0.2, 0.25) is 5.91 Å². The highest BCUT2D eigenvalue weighted by molar-refractivity contribution is 7.99. The number of hydrogen-bond acceptors (Lipinski definition) is 5. The lowest BCUT2D eigenvalue weighted by molar-refractivity contribution is -0.140. The fourth-order valence-corrected chi connectivity index (χ4v) is 2.38. The molecule has 1 atom stereocenters. The Morgan fingerprint density at radius 3 is 2.62 bits per heavy atom. The maximum Gasteiger partial charge on any atom is 0.327 e. The minimum Gasteiger partial charge on any atom is -0.480 e. The Morgan fingerprint density at radius 2 is 2.10 bits per heavy atom. The van der Waals surface area contributed by atoms with Crippen LogP contribution < -0.4 is 5.32 Å². The van der Waals surface area contributed by atoms with Gasteiger partial charge in [-0.25, -0.2) is 4.79 Å². The number of rotatable bonds is 6. The quantitative estimate of drug-likeness (QED) is 0.741. The molecule has 8 heteroatoms. The monoisotopic (exact) mass is 311 g/mol. The average Bonchev–Trinajstić information content (AvgIpc) is 2.42. The second-order valence-electron chi connectivity index (χ2n) is 4.48. The van der Waals surface area contributed by atoms with Gasteiger partial charge in [-0.05, 0) is 12.1 Å². The van der Waals surface area contributed by atoms with Crippen LogP contribution in [-0.4, -0.2) is 58.7 Å². The predicted molar refractivity (Wildman–Crippen MR) is 78.2 cm³/mol. The zero-order valence-electron chi connectivity index (χ0n) is 12.0. The Bertz CT molecular complexity index is 548. The van der Waals surface area contributed by atoms with Crippen LogP contribution in [0.15, 0.2) is 23.2 Å². The maximum absolute atomic E-state index is 11.8. The second kappa shape index (κ2) is 7.63. The summed E-state index contributed by atoms with van der Waals surface area (Å²) >= 11 is 1.24. The number of carboxylic acid groups (broad SMARTS) is 1. The molecule has 114 valence electrons. The molecule has 1 aromatic heterocycles. The van der Waals surface area contributed by atoms with Gasteiger partial charge in [-0.1, -0.05) is 0 Å². The molecule has 0 spiro atoms. The van der Waals surface area contributed by atoms with Crippen molar-refractivity contribution >= 4 is 29.5 Å². The Kier molecular flexibility index (Phi) is 6.16. The van der Waals surface area contributed by atoms with Gasteiger partial charge in [-0.2, -0.15) is 0 Å². The van der Waals surface area contributed by atoms with Crippen LogP contribution >= 0.6 is 11.8 Å². The van der Waals surface area contributed by atoms with Gasteiger partial charge in [0.05, 0.1) is 0 Å². The standard InChI is InChI=1S/C13H17N3O4S/c1-8(17)15-11(13(19)20)7-21-9-4-5-14-10(6-9)12(18)16(2)3/h4-6,11H,7H2,1-3H3,(H,15,17)(H,19,20)/t11-/m0/s1. The summed E-state index contributed by atoms with van der Waals surface area (Å²) in [6.07, 6.45) is 1.49. The van der Waals surface area contributed by atoms with E-state index in [9.17, 15) is 14.4 Å². The molecular weight excluding hydrogens is 294 g/mol. The summed E-state index contributed by atoms with van der Waals surface area (Å²) in [7, 11) is 3.25. The van der Waals surface area contributed by atoms with E-state index in [2.05, 4.69) is 10.3 Å². The molecule has 0 aliphatic heterocycles. The van der Waals surface area contributed by atoms with Crippen LogP contribution in [-0.2, 0) is 9.59 Å². The summed E-state index contributed by atoms with van der Waals surface area (Å²) in [5.74, 6) is -1.57. The highest BCUT2D eigenvalue weighted by atomic mass is 32.2. The number of amides is 2. The van der Waals surface area contributed by atoms with Crippen molar-refractivity contribution in [2.24, 2.45) is 0 Å². The summed E-state index contributed by atoms with van der Waals surface area (Å²) < 4.78 is 0. The van der Waals surface area contributed by atoms with Crippen LogP contribution in [0.1, 0.15) is 17.4 Å². The Hall–Kier alpha value is -2.09. The number of nitrogens with zero attached hydrogens (tertiary/aromatic N) is 2. The van der Waals surface area contributed by atoms with E-state index in [1.165, 1.54) is 29.8 Å². The summed E-state index contributed by atoms with van der Waals surface area (Å²) in [5, 5.41) is 11.4. The van der Waals surface area contributed by atoms with E-state index in [-0.39, 0.29) is 17.4 Å². The highest BCUT2D eigenvalue weighted by Crippen LogP contribution is 2.19. The molecule has 21 heavy (non-hydrogen) atoms. The van der Waals surface area contributed by atoms with Crippen molar-refractivity contribution in [1.82, 2.24) is 15.2 Å². The van der Waals surface area contributed by atoms with Gasteiger partial charge in [0.1, 0.15) is 11.7 Å². The molecule has 1 rings (SSSR count). The van der Waals surface area contributed by atoms with E-state index in [1.54, 1.807) is 26.2 Å². The van der Waals surface area contributed by atoms with Gasteiger partial charge in [0, 0.05) is 37.9 Å². The number of aliphatic carboxylic acids is 1. The Labute approximate surface area is 126 Å². The fourth-order valence-electron chi connectivity index (χ4n) is 1.45. The molecular formula is C13H17N3O4S. The largest absolute Gasteiger partial charge is 0.480 e. The van der Waals surface area contributed by atoms with Gasteiger partial charge in [0.15, 0.2) is 0 Å². The first kappa shape index (κ1) is 17.0. The van der Waals surface area contributed by atoms with E-state index < -0.39 is 17.9 Å².